The molecule has 1 aromatic rings. The van der Waals surface area contributed by atoms with Crippen LogP contribution in [0.25, 0.3) is 0 Å². The number of anilines is 1. The molecule has 0 amide bonds. The highest BCUT2D eigenvalue weighted by molar-refractivity contribution is 5.34. The van der Waals surface area contributed by atoms with Gasteiger partial charge in [-0.25, -0.2) is 0 Å². The van der Waals surface area contributed by atoms with E-state index in [0.29, 0.717) is 0 Å². The minimum atomic E-state index is -4.49. The average molecular weight is 249 g/mol. The second-order valence-corrected chi connectivity index (χ2v) is 3.98. The standard InChI is InChI=1S/C10H14F3N3O/c1-6(2)7(5-17)14-9-4-3-8(15-16-9)10(11,12)13/h3-4,6-7,17H,5H2,1-2H3,(H,14,16). The molecular weight excluding hydrogens is 235 g/mol. The lowest BCUT2D eigenvalue weighted by atomic mass is 10.1. The fourth-order valence-electron chi connectivity index (χ4n) is 1.17. The Morgan fingerprint density at radius 3 is 2.29 bits per heavy atom. The molecule has 4 nitrogen and oxygen atoms in total. The van der Waals surface area contributed by atoms with Gasteiger partial charge >= 0.3 is 6.18 Å². The fraction of sp³-hybridized carbons (Fsp3) is 0.600. The molecule has 0 radical (unpaired) electrons. The Bertz CT molecular complexity index is 351. The van der Waals surface area contributed by atoms with Crippen LogP contribution in [0.3, 0.4) is 0 Å². The van der Waals surface area contributed by atoms with Crippen LogP contribution in [0.4, 0.5) is 19.0 Å². The molecule has 0 aromatic carbocycles. The topological polar surface area (TPSA) is 58.0 Å². The van der Waals surface area contributed by atoms with Crippen LogP contribution in [-0.2, 0) is 6.18 Å². The molecule has 0 aliphatic carbocycles. The molecule has 0 aliphatic rings. The Morgan fingerprint density at radius 1 is 1.29 bits per heavy atom. The number of aliphatic hydroxyl groups is 1. The van der Waals surface area contributed by atoms with Crippen molar-refractivity contribution in [3.05, 3.63) is 17.8 Å². The molecular formula is C10H14F3N3O. The molecule has 0 aliphatic heterocycles. The van der Waals surface area contributed by atoms with E-state index >= 15 is 0 Å². The summed E-state index contributed by atoms with van der Waals surface area (Å²) in [7, 11) is 0. The molecule has 1 unspecified atom stereocenters. The van der Waals surface area contributed by atoms with Crippen LogP contribution < -0.4 is 5.32 Å². The minimum Gasteiger partial charge on any atom is -0.394 e. The molecule has 1 heterocycles. The zero-order valence-electron chi connectivity index (χ0n) is 9.49. The van der Waals surface area contributed by atoms with Gasteiger partial charge in [-0.15, -0.1) is 10.2 Å². The predicted octanol–water partition coefficient (Wildman–Crippen LogP) is 1.92. The Kier molecular flexibility index (Phi) is 4.28. The molecule has 96 valence electrons. The van der Waals surface area contributed by atoms with E-state index in [1.807, 2.05) is 13.8 Å². The number of aromatic nitrogens is 2. The number of rotatable bonds is 4. The molecule has 1 rings (SSSR count). The predicted molar refractivity (Wildman–Crippen MR) is 56.4 cm³/mol. The molecule has 1 aromatic heterocycles. The SMILES string of the molecule is CC(C)C(CO)Nc1ccc(C(F)(F)F)nn1. The second-order valence-electron chi connectivity index (χ2n) is 3.98. The third-order valence-corrected chi connectivity index (χ3v) is 2.29. The van der Waals surface area contributed by atoms with Gasteiger partial charge in [-0.2, -0.15) is 13.2 Å². The zero-order chi connectivity index (χ0) is 13.1. The van der Waals surface area contributed by atoms with Crippen molar-refractivity contribution >= 4 is 5.82 Å². The minimum absolute atomic E-state index is 0.125. The lowest BCUT2D eigenvalue weighted by molar-refractivity contribution is -0.141. The summed E-state index contributed by atoms with van der Waals surface area (Å²) in [5.41, 5.74) is -1.03. The van der Waals surface area contributed by atoms with E-state index in [4.69, 9.17) is 5.11 Å². The maximum atomic E-state index is 12.2. The lowest BCUT2D eigenvalue weighted by Gasteiger charge is -2.20. The van der Waals surface area contributed by atoms with Gasteiger partial charge in [-0.1, -0.05) is 13.8 Å². The number of aliphatic hydroxyl groups excluding tert-OH is 1. The molecule has 7 heteroatoms. The first-order valence-corrected chi connectivity index (χ1v) is 5.13. The fourth-order valence-corrected chi connectivity index (χ4v) is 1.17. The van der Waals surface area contributed by atoms with Crippen molar-refractivity contribution < 1.29 is 18.3 Å². The number of alkyl halides is 3. The molecule has 0 spiro atoms. The highest BCUT2D eigenvalue weighted by atomic mass is 19.4. The normalized spacial score (nSPS) is 13.8. The molecule has 17 heavy (non-hydrogen) atoms. The lowest BCUT2D eigenvalue weighted by Crippen LogP contribution is -2.30. The van der Waals surface area contributed by atoms with Gasteiger partial charge in [0, 0.05) is 0 Å². The summed E-state index contributed by atoms with van der Waals surface area (Å²) in [5, 5.41) is 18.4. The summed E-state index contributed by atoms with van der Waals surface area (Å²) in [6.07, 6.45) is -4.49. The van der Waals surface area contributed by atoms with Gasteiger partial charge < -0.3 is 10.4 Å². The summed E-state index contributed by atoms with van der Waals surface area (Å²) in [5.74, 6) is 0.342. The number of hydrogen-bond acceptors (Lipinski definition) is 4. The summed E-state index contributed by atoms with van der Waals surface area (Å²) in [6.45, 7) is 3.64. The highest BCUT2D eigenvalue weighted by Gasteiger charge is 2.32. The zero-order valence-corrected chi connectivity index (χ0v) is 9.49. The van der Waals surface area contributed by atoms with Crippen molar-refractivity contribution in [2.45, 2.75) is 26.1 Å². The van der Waals surface area contributed by atoms with Gasteiger partial charge in [0.15, 0.2) is 5.69 Å². The van der Waals surface area contributed by atoms with Crippen molar-refractivity contribution in [1.29, 1.82) is 0 Å². The Morgan fingerprint density at radius 2 is 1.94 bits per heavy atom. The largest absolute Gasteiger partial charge is 0.435 e. The number of hydrogen-bond donors (Lipinski definition) is 2. The third kappa shape index (κ3) is 3.85. The molecule has 0 fully saturated rings. The molecule has 1 atom stereocenters. The van der Waals surface area contributed by atoms with Crippen LogP contribution in [0.15, 0.2) is 12.1 Å². The smallest absolute Gasteiger partial charge is 0.394 e. The average Bonchev–Trinajstić information content (AvgIpc) is 2.25. The second kappa shape index (κ2) is 5.31. The summed E-state index contributed by atoms with van der Waals surface area (Å²) < 4.78 is 36.6. The molecule has 0 saturated heterocycles. The van der Waals surface area contributed by atoms with Gasteiger partial charge in [0.25, 0.3) is 0 Å². The van der Waals surface area contributed by atoms with E-state index in [-0.39, 0.29) is 24.4 Å². The van der Waals surface area contributed by atoms with Crippen LogP contribution in [0, 0.1) is 5.92 Å². The maximum absolute atomic E-state index is 12.2. The molecule has 2 N–H and O–H groups in total. The number of halogens is 3. The van der Waals surface area contributed by atoms with Gasteiger partial charge in [0.05, 0.1) is 12.6 Å². The Balaban J connectivity index is 2.75. The van der Waals surface area contributed by atoms with Gasteiger partial charge in [0.1, 0.15) is 5.82 Å². The Labute approximate surface area is 96.9 Å². The molecule has 0 bridgehead atoms. The van der Waals surface area contributed by atoms with Crippen LogP contribution >= 0.6 is 0 Å². The van der Waals surface area contributed by atoms with E-state index in [9.17, 15) is 13.2 Å². The van der Waals surface area contributed by atoms with E-state index in [2.05, 4.69) is 15.5 Å². The number of nitrogens with zero attached hydrogens (tertiary/aromatic N) is 2. The van der Waals surface area contributed by atoms with Crippen molar-refractivity contribution in [2.24, 2.45) is 5.92 Å². The van der Waals surface area contributed by atoms with E-state index in [1.165, 1.54) is 6.07 Å². The van der Waals surface area contributed by atoms with Gasteiger partial charge in [-0.3, -0.25) is 0 Å². The maximum Gasteiger partial charge on any atom is 0.435 e. The van der Waals surface area contributed by atoms with Crippen LogP contribution in [0.1, 0.15) is 19.5 Å². The van der Waals surface area contributed by atoms with Crippen molar-refractivity contribution in [3.8, 4) is 0 Å². The summed E-state index contributed by atoms with van der Waals surface area (Å²) >= 11 is 0. The van der Waals surface area contributed by atoms with Crippen LogP contribution in [-0.4, -0.2) is 28.0 Å². The first-order valence-electron chi connectivity index (χ1n) is 5.13. The third-order valence-electron chi connectivity index (χ3n) is 2.29. The van der Waals surface area contributed by atoms with E-state index < -0.39 is 11.9 Å². The van der Waals surface area contributed by atoms with Crippen LogP contribution in [0.2, 0.25) is 0 Å². The van der Waals surface area contributed by atoms with Crippen molar-refractivity contribution in [2.75, 3.05) is 11.9 Å². The Hall–Kier alpha value is -1.37. The first kappa shape index (κ1) is 13.7. The van der Waals surface area contributed by atoms with E-state index in [1.54, 1.807) is 0 Å². The van der Waals surface area contributed by atoms with Crippen LogP contribution in [0.5, 0.6) is 0 Å². The van der Waals surface area contributed by atoms with Crippen molar-refractivity contribution in [1.82, 2.24) is 10.2 Å². The highest BCUT2D eigenvalue weighted by Crippen LogP contribution is 2.27. The van der Waals surface area contributed by atoms with E-state index in [0.717, 1.165) is 6.07 Å². The molecule has 0 saturated carbocycles. The first-order chi connectivity index (χ1) is 7.84. The van der Waals surface area contributed by atoms with Gasteiger partial charge in [-0.05, 0) is 18.1 Å². The summed E-state index contributed by atoms with van der Waals surface area (Å²) in [6, 6.07) is 1.78. The van der Waals surface area contributed by atoms with Crippen molar-refractivity contribution in [3.63, 3.8) is 0 Å². The van der Waals surface area contributed by atoms with Gasteiger partial charge in [0.2, 0.25) is 0 Å². The number of nitrogens with one attached hydrogen (secondary N) is 1. The summed E-state index contributed by atoms with van der Waals surface area (Å²) in [4.78, 5) is 0. The quantitative estimate of drug-likeness (QED) is 0.856. The monoisotopic (exact) mass is 249 g/mol.